The van der Waals surface area contributed by atoms with E-state index in [1.807, 2.05) is 36.4 Å². The van der Waals surface area contributed by atoms with Crippen molar-refractivity contribution < 1.29 is 4.79 Å². The number of hydrogen-bond donors (Lipinski definition) is 1. The van der Waals surface area contributed by atoms with Crippen LogP contribution in [0.2, 0.25) is 0 Å². The zero-order valence-electron chi connectivity index (χ0n) is 17.6. The van der Waals surface area contributed by atoms with E-state index in [1.54, 1.807) is 6.08 Å². The number of hydrogen-bond acceptors (Lipinski definition) is 3. The number of carbonyl (C=O) groups is 1. The maximum absolute atomic E-state index is 12.0. The SMILES string of the molecule is C[C@H]1CCCC[C@@H]1N(C)C1CCN(CCNC(=O)/C=C/c2ccccc2)CC1. The quantitative estimate of drug-likeness (QED) is 0.728. The molecule has 1 aliphatic carbocycles. The molecule has 0 spiro atoms. The van der Waals surface area contributed by atoms with E-state index in [1.165, 1.54) is 38.5 Å². The summed E-state index contributed by atoms with van der Waals surface area (Å²) in [6, 6.07) is 11.4. The molecule has 2 atom stereocenters. The molecule has 0 radical (unpaired) electrons. The second-order valence-electron chi connectivity index (χ2n) is 8.60. The zero-order valence-corrected chi connectivity index (χ0v) is 17.6. The third-order valence-corrected chi connectivity index (χ3v) is 6.68. The molecule has 0 aromatic heterocycles. The normalized spacial score (nSPS) is 24.7. The summed E-state index contributed by atoms with van der Waals surface area (Å²) in [5, 5.41) is 3.01. The summed E-state index contributed by atoms with van der Waals surface area (Å²) in [6.45, 7) is 6.39. The average Bonchev–Trinajstić information content (AvgIpc) is 2.73. The van der Waals surface area contributed by atoms with Gasteiger partial charge in [0.15, 0.2) is 0 Å². The third-order valence-electron chi connectivity index (χ3n) is 6.68. The van der Waals surface area contributed by atoms with Crippen molar-refractivity contribution in [3.8, 4) is 0 Å². The van der Waals surface area contributed by atoms with Crippen LogP contribution in [0.5, 0.6) is 0 Å². The van der Waals surface area contributed by atoms with Gasteiger partial charge in [0.25, 0.3) is 0 Å². The molecule has 0 unspecified atom stereocenters. The van der Waals surface area contributed by atoms with Gasteiger partial charge in [-0.15, -0.1) is 0 Å². The Hall–Kier alpha value is -1.65. The molecule has 2 aliphatic rings. The van der Waals surface area contributed by atoms with Crippen LogP contribution in [0.1, 0.15) is 51.0 Å². The van der Waals surface area contributed by atoms with Gasteiger partial charge >= 0.3 is 0 Å². The van der Waals surface area contributed by atoms with Crippen LogP contribution in [-0.4, -0.2) is 61.0 Å². The second kappa shape index (κ2) is 10.8. The average molecular weight is 384 g/mol. The Morgan fingerprint density at radius 3 is 2.57 bits per heavy atom. The maximum Gasteiger partial charge on any atom is 0.244 e. The van der Waals surface area contributed by atoms with E-state index in [9.17, 15) is 4.79 Å². The third kappa shape index (κ3) is 6.18. The van der Waals surface area contributed by atoms with Gasteiger partial charge in [0.1, 0.15) is 0 Å². The molecule has 1 heterocycles. The van der Waals surface area contributed by atoms with Crippen LogP contribution < -0.4 is 5.32 Å². The Kier molecular flexibility index (Phi) is 8.11. The summed E-state index contributed by atoms with van der Waals surface area (Å²) in [4.78, 5) is 17.2. The first-order valence-corrected chi connectivity index (χ1v) is 11.1. The molecule has 1 aliphatic heterocycles. The predicted octanol–water partition coefficient (Wildman–Crippen LogP) is 3.79. The molecule has 0 bridgehead atoms. The topological polar surface area (TPSA) is 35.6 Å². The number of carbonyl (C=O) groups excluding carboxylic acids is 1. The van der Waals surface area contributed by atoms with E-state index in [2.05, 4.69) is 29.1 Å². The number of rotatable bonds is 7. The van der Waals surface area contributed by atoms with Gasteiger partial charge in [-0.1, -0.05) is 50.1 Å². The van der Waals surface area contributed by atoms with E-state index < -0.39 is 0 Å². The standard InChI is InChI=1S/C24H37N3O/c1-20-8-6-7-11-23(20)26(2)22-14-17-27(18-15-22)19-16-25-24(28)13-12-21-9-4-3-5-10-21/h3-5,9-10,12-13,20,22-23H,6-8,11,14-19H2,1-2H3,(H,25,28)/b13-12+/t20-,23-/m0/s1. The Morgan fingerprint density at radius 2 is 1.86 bits per heavy atom. The van der Waals surface area contributed by atoms with Crippen molar-refractivity contribution in [3.05, 3.63) is 42.0 Å². The molecule has 28 heavy (non-hydrogen) atoms. The fourth-order valence-electron chi connectivity index (χ4n) is 4.85. The van der Waals surface area contributed by atoms with Gasteiger partial charge in [-0.05, 0) is 63.4 Å². The van der Waals surface area contributed by atoms with Crippen LogP contribution in [0.3, 0.4) is 0 Å². The molecule has 4 nitrogen and oxygen atoms in total. The summed E-state index contributed by atoms with van der Waals surface area (Å²) >= 11 is 0. The summed E-state index contributed by atoms with van der Waals surface area (Å²) in [5.74, 6) is 0.834. The minimum atomic E-state index is -0.00948. The first-order chi connectivity index (χ1) is 13.6. The monoisotopic (exact) mass is 383 g/mol. The van der Waals surface area contributed by atoms with E-state index in [0.29, 0.717) is 0 Å². The molecule has 1 amide bonds. The Morgan fingerprint density at radius 1 is 1.14 bits per heavy atom. The molecular weight excluding hydrogens is 346 g/mol. The van der Waals surface area contributed by atoms with Crippen LogP contribution in [0, 0.1) is 5.92 Å². The van der Waals surface area contributed by atoms with Gasteiger partial charge in [0.05, 0.1) is 0 Å². The number of nitrogens with one attached hydrogen (secondary N) is 1. The number of nitrogens with zero attached hydrogens (tertiary/aromatic N) is 2. The van der Waals surface area contributed by atoms with Crippen LogP contribution in [0.25, 0.3) is 6.08 Å². The van der Waals surface area contributed by atoms with E-state index in [4.69, 9.17) is 0 Å². The lowest BCUT2D eigenvalue weighted by atomic mass is 9.84. The largest absolute Gasteiger partial charge is 0.351 e. The molecule has 154 valence electrons. The Bertz CT molecular complexity index is 622. The number of likely N-dealkylation sites (tertiary alicyclic amines) is 1. The van der Waals surface area contributed by atoms with Crippen LogP contribution >= 0.6 is 0 Å². The molecule has 1 saturated heterocycles. The van der Waals surface area contributed by atoms with Gasteiger partial charge in [0, 0.05) is 31.2 Å². The Labute approximate surface area is 171 Å². The highest BCUT2D eigenvalue weighted by molar-refractivity contribution is 5.91. The Balaban J connectivity index is 1.33. The van der Waals surface area contributed by atoms with Crippen molar-refractivity contribution in [2.75, 3.05) is 33.2 Å². The molecule has 2 fully saturated rings. The fourth-order valence-corrected chi connectivity index (χ4v) is 4.85. The van der Waals surface area contributed by atoms with Crippen molar-refractivity contribution in [1.82, 2.24) is 15.1 Å². The lowest BCUT2D eigenvalue weighted by Gasteiger charge is -2.44. The number of amides is 1. The first-order valence-electron chi connectivity index (χ1n) is 11.1. The summed E-state index contributed by atoms with van der Waals surface area (Å²) in [5.41, 5.74) is 1.05. The molecule has 1 aromatic carbocycles. The first kappa shape index (κ1) is 21.1. The lowest BCUT2D eigenvalue weighted by Crippen LogP contribution is -2.50. The molecule has 1 saturated carbocycles. The van der Waals surface area contributed by atoms with Crippen molar-refractivity contribution in [2.24, 2.45) is 5.92 Å². The summed E-state index contributed by atoms with van der Waals surface area (Å²) in [6.07, 6.45) is 11.6. The van der Waals surface area contributed by atoms with Crippen LogP contribution in [0.15, 0.2) is 36.4 Å². The van der Waals surface area contributed by atoms with Gasteiger partial charge in [-0.2, -0.15) is 0 Å². The highest BCUT2D eigenvalue weighted by Gasteiger charge is 2.31. The van der Waals surface area contributed by atoms with Gasteiger partial charge in [-0.25, -0.2) is 0 Å². The van der Waals surface area contributed by atoms with Gasteiger partial charge in [-0.3, -0.25) is 4.79 Å². The van der Waals surface area contributed by atoms with Gasteiger partial charge < -0.3 is 15.1 Å². The molecule has 1 N–H and O–H groups in total. The van der Waals surface area contributed by atoms with Crippen molar-refractivity contribution in [3.63, 3.8) is 0 Å². The minimum Gasteiger partial charge on any atom is -0.351 e. The highest BCUT2D eigenvalue weighted by atomic mass is 16.1. The van der Waals surface area contributed by atoms with E-state index in [-0.39, 0.29) is 5.91 Å². The van der Waals surface area contributed by atoms with Crippen LogP contribution in [0.4, 0.5) is 0 Å². The van der Waals surface area contributed by atoms with Gasteiger partial charge in [0.2, 0.25) is 5.91 Å². The molecule has 3 rings (SSSR count). The second-order valence-corrected chi connectivity index (χ2v) is 8.60. The van der Waals surface area contributed by atoms with E-state index >= 15 is 0 Å². The van der Waals surface area contributed by atoms with E-state index in [0.717, 1.165) is 49.7 Å². The number of piperidine rings is 1. The number of benzene rings is 1. The smallest absolute Gasteiger partial charge is 0.244 e. The molecular formula is C24H37N3O. The van der Waals surface area contributed by atoms with Crippen LogP contribution in [-0.2, 0) is 4.79 Å². The fraction of sp³-hybridized carbons (Fsp3) is 0.625. The minimum absolute atomic E-state index is 0.00948. The predicted molar refractivity (Wildman–Crippen MR) is 117 cm³/mol. The zero-order chi connectivity index (χ0) is 19.8. The summed E-state index contributed by atoms with van der Waals surface area (Å²) < 4.78 is 0. The highest BCUT2D eigenvalue weighted by Crippen LogP contribution is 2.30. The lowest BCUT2D eigenvalue weighted by molar-refractivity contribution is -0.116. The van der Waals surface area contributed by atoms with Crippen molar-refractivity contribution >= 4 is 12.0 Å². The molecule has 1 aromatic rings. The van der Waals surface area contributed by atoms with Crippen molar-refractivity contribution in [2.45, 2.75) is 57.5 Å². The molecule has 4 heteroatoms. The van der Waals surface area contributed by atoms with Crippen molar-refractivity contribution in [1.29, 1.82) is 0 Å². The summed E-state index contributed by atoms with van der Waals surface area (Å²) in [7, 11) is 2.35. The maximum atomic E-state index is 12.0.